The molecule has 84 valence electrons. The second-order valence-corrected chi connectivity index (χ2v) is 3.38. The number of anilines is 1. The molecule has 0 amide bonds. The minimum atomic E-state index is 0.227. The summed E-state index contributed by atoms with van der Waals surface area (Å²) in [5.41, 5.74) is 1.06. The molecule has 0 radical (unpaired) electrons. The fourth-order valence-corrected chi connectivity index (χ4v) is 1.20. The molecule has 15 heavy (non-hydrogen) atoms. The van der Waals surface area contributed by atoms with Gasteiger partial charge in [-0.05, 0) is 37.1 Å². The molecule has 0 saturated carbocycles. The summed E-state index contributed by atoms with van der Waals surface area (Å²) < 4.78 is 5.47. The van der Waals surface area contributed by atoms with Crippen molar-refractivity contribution in [2.45, 2.75) is 19.8 Å². The molecule has 1 rings (SSSR count). The van der Waals surface area contributed by atoms with Gasteiger partial charge in [0.05, 0.1) is 6.61 Å². The summed E-state index contributed by atoms with van der Waals surface area (Å²) in [6, 6.07) is 7.89. The summed E-state index contributed by atoms with van der Waals surface area (Å²) >= 11 is 0. The number of hydrogen-bond acceptors (Lipinski definition) is 3. The summed E-state index contributed by atoms with van der Waals surface area (Å²) in [5, 5.41) is 11.8. The van der Waals surface area contributed by atoms with E-state index in [1.807, 2.05) is 24.3 Å². The molecule has 0 aliphatic heterocycles. The van der Waals surface area contributed by atoms with Crippen molar-refractivity contribution < 1.29 is 9.84 Å². The third kappa shape index (κ3) is 4.70. The zero-order valence-electron chi connectivity index (χ0n) is 9.20. The average molecular weight is 209 g/mol. The lowest BCUT2D eigenvalue weighted by atomic mass is 10.3. The highest BCUT2D eigenvalue weighted by molar-refractivity contribution is 5.46. The molecule has 0 heterocycles. The van der Waals surface area contributed by atoms with Crippen molar-refractivity contribution in [1.29, 1.82) is 0 Å². The molecule has 0 bridgehead atoms. The number of aliphatic hydroxyl groups excluding tert-OH is 1. The van der Waals surface area contributed by atoms with Crippen LogP contribution in [0.25, 0.3) is 0 Å². The monoisotopic (exact) mass is 209 g/mol. The second kappa shape index (κ2) is 7.12. The Balaban J connectivity index is 2.35. The predicted octanol–water partition coefficient (Wildman–Crippen LogP) is 2.27. The first kappa shape index (κ1) is 11.9. The van der Waals surface area contributed by atoms with Gasteiger partial charge in [0.15, 0.2) is 0 Å². The van der Waals surface area contributed by atoms with Gasteiger partial charge in [0.25, 0.3) is 0 Å². The Morgan fingerprint density at radius 3 is 2.60 bits per heavy atom. The van der Waals surface area contributed by atoms with Crippen LogP contribution in [0, 0.1) is 0 Å². The van der Waals surface area contributed by atoms with Crippen molar-refractivity contribution >= 4 is 5.69 Å². The van der Waals surface area contributed by atoms with E-state index in [0.29, 0.717) is 0 Å². The third-order valence-corrected chi connectivity index (χ3v) is 1.99. The Kier molecular flexibility index (Phi) is 5.63. The van der Waals surface area contributed by atoms with Crippen molar-refractivity contribution in [2.24, 2.45) is 0 Å². The van der Waals surface area contributed by atoms with E-state index in [2.05, 4.69) is 12.2 Å². The van der Waals surface area contributed by atoms with E-state index in [1.54, 1.807) is 0 Å². The first-order valence-electron chi connectivity index (χ1n) is 5.44. The molecule has 0 aromatic heterocycles. The fourth-order valence-electron chi connectivity index (χ4n) is 1.20. The van der Waals surface area contributed by atoms with E-state index in [0.717, 1.165) is 37.4 Å². The molecule has 0 unspecified atom stereocenters. The molecule has 0 spiro atoms. The first-order chi connectivity index (χ1) is 7.36. The molecule has 3 nitrogen and oxygen atoms in total. The van der Waals surface area contributed by atoms with Gasteiger partial charge in [-0.2, -0.15) is 0 Å². The van der Waals surface area contributed by atoms with Crippen LogP contribution in [0.3, 0.4) is 0 Å². The predicted molar refractivity (Wildman–Crippen MR) is 62.4 cm³/mol. The van der Waals surface area contributed by atoms with Crippen LogP contribution in [0.15, 0.2) is 24.3 Å². The zero-order chi connectivity index (χ0) is 10.9. The Hall–Kier alpha value is -1.22. The lowest BCUT2D eigenvalue weighted by molar-refractivity contribution is 0.292. The molecule has 1 aromatic carbocycles. The number of ether oxygens (including phenoxy) is 1. The summed E-state index contributed by atoms with van der Waals surface area (Å²) in [6.07, 6.45) is 1.80. The molecule has 0 saturated heterocycles. The lowest BCUT2D eigenvalue weighted by Crippen LogP contribution is -2.03. The van der Waals surface area contributed by atoms with Gasteiger partial charge < -0.3 is 15.2 Å². The van der Waals surface area contributed by atoms with Crippen LogP contribution in [-0.2, 0) is 0 Å². The van der Waals surface area contributed by atoms with Crippen LogP contribution >= 0.6 is 0 Å². The van der Waals surface area contributed by atoms with Crippen LogP contribution < -0.4 is 10.1 Å². The number of hydrogen-bond donors (Lipinski definition) is 2. The van der Waals surface area contributed by atoms with E-state index in [-0.39, 0.29) is 6.61 Å². The normalized spacial score (nSPS) is 10.0. The highest BCUT2D eigenvalue weighted by Gasteiger charge is 1.94. The van der Waals surface area contributed by atoms with Crippen LogP contribution in [0.5, 0.6) is 5.75 Å². The maximum atomic E-state index is 8.63. The largest absolute Gasteiger partial charge is 0.494 e. The minimum absolute atomic E-state index is 0.227. The Labute approximate surface area is 91.1 Å². The van der Waals surface area contributed by atoms with Gasteiger partial charge in [-0.15, -0.1) is 0 Å². The van der Waals surface area contributed by atoms with Gasteiger partial charge in [-0.1, -0.05) is 6.92 Å². The van der Waals surface area contributed by atoms with Gasteiger partial charge >= 0.3 is 0 Å². The van der Waals surface area contributed by atoms with Gasteiger partial charge in [0, 0.05) is 18.8 Å². The molecule has 0 aliphatic rings. The van der Waals surface area contributed by atoms with Gasteiger partial charge in [0.1, 0.15) is 5.75 Å². The zero-order valence-corrected chi connectivity index (χ0v) is 9.20. The van der Waals surface area contributed by atoms with Crippen molar-refractivity contribution in [3.05, 3.63) is 24.3 Å². The number of rotatable bonds is 7. The van der Waals surface area contributed by atoms with Crippen molar-refractivity contribution in [2.75, 3.05) is 25.1 Å². The van der Waals surface area contributed by atoms with Gasteiger partial charge in [0.2, 0.25) is 0 Å². The highest BCUT2D eigenvalue weighted by Crippen LogP contribution is 2.15. The number of benzene rings is 1. The molecule has 1 aromatic rings. The molecule has 0 aliphatic carbocycles. The topological polar surface area (TPSA) is 41.5 Å². The molecule has 3 heteroatoms. The Bertz CT molecular complexity index is 259. The number of nitrogens with one attached hydrogen (secondary N) is 1. The van der Waals surface area contributed by atoms with E-state index >= 15 is 0 Å². The van der Waals surface area contributed by atoms with Crippen LogP contribution in [0.1, 0.15) is 19.8 Å². The van der Waals surface area contributed by atoms with E-state index in [9.17, 15) is 0 Å². The van der Waals surface area contributed by atoms with Gasteiger partial charge in [-0.3, -0.25) is 0 Å². The van der Waals surface area contributed by atoms with Crippen molar-refractivity contribution in [3.8, 4) is 5.75 Å². The van der Waals surface area contributed by atoms with Crippen molar-refractivity contribution in [1.82, 2.24) is 0 Å². The average Bonchev–Trinajstić information content (AvgIpc) is 2.28. The third-order valence-electron chi connectivity index (χ3n) is 1.99. The van der Waals surface area contributed by atoms with E-state index in [1.165, 1.54) is 0 Å². The standard InChI is InChI=1S/C12H19NO2/c1-2-10-15-12-6-4-11(5-7-12)13-8-3-9-14/h4-7,13-14H,2-3,8-10H2,1H3. The smallest absolute Gasteiger partial charge is 0.119 e. The maximum Gasteiger partial charge on any atom is 0.119 e. The first-order valence-corrected chi connectivity index (χ1v) is 5.44. The quantitative estimate of drug-likeness (QED) is 0.677. The SMILES string of the molecule is CCCOc1ccc(NCCCO)cc1. The molecule has 2 N–H and O–H groups in total. The second-order valence-electron chi connectivity index (χ2n) is 3.38. The van der Waals surface area contributed by atoms with E-state index in [4.69, 9.17) is 9.84 Å². The summed E-state index contributed by atoms with van der Waals surface area (Å²) in [5.74, 6) is 0.907. The van der Waals surface area contributed by atoms with Crippen molar-refractivity contribution in [3.63, 3.8) is 0 Å². The maximum absolute atomic E-state index is 8.63. The molecular formula is C12H19NO2. The van der Waals surface area contributed by atoms with Gasteiger partial charge in [-0.25, -0.2) is 0 Å². The lowest BCUT2D eigenvalue weighted by Gasteiger charge is -2.07. The molecular weight excluding hydrogens is 190 g/mol. The van der Waals surface area contributed by atoms with Crippen LogP contribution in [-0.4, -0.2) is 24.9 Å². The van der Waals surface area contributed by atoms with E-state index < -0.39 is 0 Å². The van der Waals surface area contributed by atoms with Crippen LogP contribution in [0.2, 0.25) is 0 Å². The Morgan fingerprint density at radius 2 is 2.00 bits per heavy atom. The minimum Gasteiger partial charge on any atom is -0.494 e. The number of aliphatic hydroxyl groups is 1. The van der Waals surface area contributed by atoms with Crippen LogP contribution in [0.4, 0.5) is 5.69 Å². The summed E-state index contributed by atoms with van der Waals surface area (Å²) in [6.45, 7) is 3.87. The summed E-state index contributed by atoms with van der Waals surface area (Å²) in [4.78, 5) is 0. The molecule has 0 fully saturated rings. The fraction of sp³-hybridized carbons (Fsp3) is 0.500. The highest BCUT2D eigenvalue weighted by atomic mass is 16.5. The molecule has 0 atom stereocenters. The summed E-state index contributed by atoms with van der Waals surface area (Å²) in [7, 11) is 0. The Morgan fingerprint density at radius 1 is 1.27 bits per heavy atom.